The number of carbonyl (C=O) groups is 1. The van der Waals surface area contributed by atoms with Crippen molar-refractivity contribution in [2.24, 2.45) is 0 Å². The normalized spacial score (nSPS) is 11.2. The van der Waals surface area contributed by atoms with Gasteiger partial charge in [-0.25, -0.2) is 0 Å². The van der Waals surface area contributed by atoms with Crippen LogP contribution in [0.15, 0.2) is 87.5 Å². The molecule has 0 spiro atoms. The summed E-state index contributed by atoms with van der Waals surface area (Å²) in [5, 5.41) is 2.66. The highest BCUT2D eigenvalue weighted by Crippen LogP contribution is 2.33. The topological polar surface area (TPSA) is 51.1 Å². The number of rotatable bonds is 5. The number of hydrogen-bond donors (Lipinski definition) is 1. The van der Waals surface area contributed by atoms with Crippen molar-refractivity contribution in [3.8, 4) is 0 Å². The Morgan fingerprint density at radius 1 is 0.964 bits per heavy atom. The monoisotopic (exact) mass is 404 g/mol. The third-order valence-electron chi connectivity index (χ3n) is 3.77. The zero-order valence-corrected chi connectivity index (χ0v) is 15.3. The zero-order chi connectivity index (χ0) is 20.1. The Labute approximate surface area is 163 Å². The summed E-state index contributed by atoms with van der Waals surface area (Å²) in [5.41, 5.74) is -2.04. The second kappa shape index (κ2) is 8.35. The average Bonchev–Trinajstić information content (AvgIpc) is 2.65. The van der Waals surface area contributed by atoms with E-state index in [1.54, 1.807) is 12.1 Å². The van der Waals surface area contributed by atoms with E-state index in [1.807, 2.05) is 42.5 Å². The molecule has 1 heterocycles. The lowest BCUT2D eigenvalue weighted by atomic mass is 10.2. The smallest absolute Gasteiger partial charge is 0.324 e. The number of halogens is 3. The van der Waals surface area contributed by atoms with E-state index in [-0.39, 0.29) is 0 Å². The lowest BCUT2D eigenvalue weighted by molar-refractivity contribution is -0.139. The molecule has 0 atom stereocenters. The molecule has 4 nitrogen and oxygen atoms in total. The maximum Gasteiger partial charge on any atom is 0.421 e. The molecule has 0 aliphatic rings. The van der Waals surface area contributed by atoms with Crippen molar-refractivity contribution in [2.45, 2.75) is 22.5 Å². The zero-order valence-electron chi connectivity index (χ0n) is 14.4. The lowest BCUT2D eigenvalue weighted by Crippen LogP contribution is -2.32. The Morgan fingerprint density at radius 3 is 2.36 bits per heavy atom. The highest BCUT2D eigenvalue weighted by molar-refractivity contribution is 7.99. The van der Waals surface area contributed by atoms with Gasteiger partial charge in [0.15, 0.2) is 0 Å². The minimum atomic E-state index is -4.77. The number of nitrogens with zero attached hydrogens (tertiary/aromatic N) is 1. The number of para-hydroxylation sites is 1. The first kappa shape index (κ1) is 19.8. The molecule has 3 aromatic rings. The summed E-state index contributed by atoms with van der Waals surface area (Å²) in [6.07, 6.45) is -3.61. The van der Waals surface area contributed by atoms with Crippen LogP contribution >= 0.6 is 11.8 Å². The summed E-state index contributed by atoms with van der Waals surface area (Å²) in [4.78, 5) is 26.1. The minimum Gasteiger partial charge on any atom is -0.324 e. The van der Waals surface area contributed by atoms with Crippen LogP contribution in [-0.4, -0.2) is 10.5 Å². The van der Waals surface area contributed by atoms with Crippen molar-refractivity contribution in [1.29, 1.82) is 0 Å². The number of benzene rings is 2. The van der Waals surface area contributed by atoms with Crippen molar-refractivity contribution in [3.05, 3.63) is 88.8 Å². The molecule has 28 heavy (non-hydrogen) atoms. The maximum atomic E-state index is 12.9. The van der Waals surface area contributed by atoms with Gasteiger partial charge in [-0.3, -0.25) is 9.59 Å². The predicted molar refractivity (Wildman–Crippen MR) is 101 cm³/mol. The molecule has 0 saturated heterocycles. The van der Waals surface area contributed by atoms with Gasteiger partial charge < -0.3 is 9.88 Å². The molecule has 0 fully saturated rings. The fourth-order valence-electron chi connectivity index (χ4n) is 2.50. The number of amides is 1. The summed E-state index contributed by atoms with van der Waals surface area (Å²) in [6, 6.07) is 18.4. The van der Waals surface area contributed by atoms with E-state index < -0.39 is 29.8 Å². The molecular formula is C20H15F3N2O2S. The molecule has 0 aliphatic heterocycles. The molecule has 3 rings (SSSR count). The van der Waals surface area contributed by atoms with Crippen molar-refractivity contribution in [3.63, 3.8) is 0 Å². The van der Waals surface area contributed by atoms with Gasteiger partial charge in [0, 0.05) is 16.0 Å². The molecule has 0 saturated carbocycles. The molecule has 1 N–H and O–H groups in total. The third kappa shape index (κ3) is 4.83. The van der Waals surface area contributed by atoms with Crippen molar-refractivity contribution >= 4 is 23.4 Å². The SMILES string of the molecule is O=C(Cn1cccc(C(F)(F)F)c1=O)Nc1ccccc1Sc1ccccc1. The number of anilines is 1. The predicted octanol–water partition coefficient (Wildman–Crippen LogP) is 4.66. The molecule has 1 amide bonds. The van der Waals surface area contributed by atoms with E-state index in [9.17, 15) is 22.8 Å². The largest absolute Gasteiger partial charge is 0.421 e. The number of pyridine rings is 1. The van der Waals surface area contributed by atoms with Gasteiger partial charge in [0.05, 0.1) is 5.69 Å². The summed E-state index contributed by atoms with van der Waals surface area (Å²) < 4.78 is 39.3. The van der Waals surface area contributed by atoms with Gasteiger partial charge in [0.1, 0.15) is 12.1 Å². The van der Waals surface area contributed by atoms with Crippen LogP contribution in [0.5, 0.6) is 0 Å². The van der Waals surface area contributed by atoms with Crippen LogP contribution in [0, 0.1) is 0 Å². The van der Waals surface area contributed by atoms with Gasteiger partial charge in [-0.1, -0.05) is 42.1 Å². The van der Waals surface area contributed by atoms with Gasteiger partial charge in [-0.05, 0) is 36.4 Å². The van der Waals surface area contributed by atoms with E-state index in [2.05, 4.69) is 5.32 Å². The number of hydrogen-bond acceptors (Lipinski definition) is 3. The Morgan fingerprint density at radius 2 is 1.64 bits per heavy atom. The number of nitrogens with one attached hydrogen (secondary N) is 1. The second-order valence-electron chi connectivity index (χ2n) is 5.81. The molecule has 0 radical (unpaired) electrons. The summed E-state index contributed by atoms with van der Waals surface area (Å²) in [6.45, 7) is -0.521. The molecule has 1 aromatic heterocycles. The standard InChI is InChI=1S/C20H15F3N2O2S/c21-20(22,23)15-9-6-12-25(19(15)27)13-18(26)24-16-10-4-5-11-17(16)28-14-7-2-1-3-8-14/h1-12H,13H2,(H,24,26). The first-order valence-corrected chi connectivity index (χ1v) is 9.04. The highest BCUT2D eigenvalue weighted by atomic mass is 32.2. The molecule has 0 unspecified atom stereocenters. The van der Waals surface area contributed by atoms with E-state index >= 15 is 0 Å². The van der Waals surface area contributed by atoms with E-state index in [4.69, 9.17) is 0 Å². The summed E-state index contributed by atoms with van der Waals surface area (Å²) >= 11 is 1.44. The number of carbonyl (C=O) groups excluding carboxylic acids is 1. The van der Waals surface area contributed by atoms with Crippen LogP contribution in [0.2, 0.25) is 0 Å². The molecule has 2 aromatic carbocycles. The van der Waals surface area contributed by atoms with Gasteiger partial charge in [0.2, 0.25) is 5.91 Å². The Hall–Kier alpha value is -3.00. The molecule has 8 heteroatoms. The molecular weight excluding hydrogens is 389 g/mol. The fourth-order valence-corrected chi connectivity index (χ4v) is 3.42. The summed E-state index contributed by atoms with van der Waals surface area (Å²) in [5.74, 6) is -0.595. The van der Waals surface area contributed by atoms with E-state index in [0.717, 1.165) is 26.6 Å². The van der Waals surface area contributed by atoms with Crippen molar-refractivity contribution in [1.82, 2.24) is 4.57 Å². The quantitative estimate of drug-likeness (QED) is 0.673. The number of alkyl halides is 3. The maximum absolute atomic E-state index is 12.9. The lowest BCUT2D eigenvalue weighted by Gasteiger charge is -2.13. The Bertz CT molecular complexity index is 1030. The van der Waals surface area contributed by atoms with Crippen LogP contribution in [-0.2, 0) is 17.5 Å². The van der Waals surface area contributed by atoms with Gasteiger partial charge in [-0.15, -0.1) is 0 Å². The first-order chi connectivity index (χ1) is 13.3. The van der Waals surface area contributed by atoms with Gasteiger partial charge in [-0.2, -0.15) is 13.2 Å². The molecule has 0 bridgehead atoms. The first-order valence-electron chi connectivity index (χ1n) is 8.23. The van der Waals surface area contributed by atoms with Gasteiger partial charge in [0.25, 0.3) is 5.56 Å². The third-order valence-corrected chi connectivity index (χ3v) is 4.86. The Kier molecular flexibility index (Phi) is 5.89. The second-order valence-corrected chi connectivity index (χ2v) is 6.93. The highest BCUT2D eigenvalue weighted by Gasteiger charge is 2.34. The van der Waals surface area contributed by atoms with Crippen molar-refractivity contribution in [2.75, 3.05) is 5.32 Å². The van der Waals surface area contributed by atoms with Crippen LogP contribution < -0.4 is 10.9 Å². The van der Waals surface area contributed by atoms with Crippen LogP contribution in [0.1, 0.15) is 5.56 Å². The molecule has 0 aliphatic carbocycles. The van der Waals surface area contributed by atoms with Gasteiger partial charge >= 0.3 is 6.18 Å². The van der Waals surface area contributed by atoms with Crippen LogP contribution in [0.4, 0.5) is 18.9 Å². The average molecular weight is 404 g/mol. The minimum absolute atomic E-state index is 0.515. The van der Waals surface area contributed by atoms with Crippen LogP contribution in [0.25, 0.3) is 0 Å². The van der Waals surface area contributed by atoms with Crippen molar-refractivity contribution < 1.29 is 18.0 Å². The van der Waals surface area contributed by atoms with E-state index in [0.29, 0.717) is 11.8 Å². The Balaban J connectivity index is 1.77. The summed E-state index contributed by atoms with van der Waals surface area (Å²) in [7, 11) is 0. The van der Waals surface area contributed by atoms with Crippen LogP contribution in [0.3, 0.4) is 0 Å². The fraction of sp³-hybridized carbons (Fsp3) is 0.100. The molecule has 144 valence electrons. The number of aromatic nitrogens is 1. The van der Waals surface area contributed by atoms with E-state index in [1.165, 1.54) is 11.8 Å².